The first-order chi connectivity index (χ1) is 12.3. The molecule has 0 saturated heterocycles. The topological polar surface area (TPSA) is 82.3 Å². The van der Waals surface area contributed by atoms with Gasteiger partial charge in [-0.25, -0.2) is 10.2 Å². The molecule has 3 amide bonds. The van der Waals surface area contributed by atoms with Crippen molar-refractivity contribution in [3.05, 3.63) is 65.7 Å². The number of thiocarbonyl (C=S) groups is 1. The van der Waals surface area contributed by atoms with Crippen LogP contribution in [0.2, 0.25) is 0 Å². The van der Waals surface area contributed by atoms with Crippen molar-refractivity contribution in [1.82, 2.24) is 16.2 Å². The van der Waals surface area contributed by atoms with E-state index < -0.39 is 6.03 Å². The van der Waals surface area contributed by atoms with Gasteiger partial charge in [-0.05, 0) is 47.5 Å². The smallest absolute Gasteiger partial charge is 0.307 e. The van der Waals surface area contributed by atoms with Crippen LogP contribution in [0.3, 0.4) is 0 Å². The predicted octanol–water partition coefficient (Wildman–Crippen LogP) is 3.33. The zero-order valence-electron chi connectivity index (χ0n) is 14.9. The summed E-state index contributed by atoms with van der Waals surface area (Å²) in [7, 11) is 0. The minimum Gasteiger partial charge on any atom is -0.307 e. The summed E-state index contributed by atoms with van der Waals surface area (Å²) in [4.78, 5) is 23.9. The van der Waals surface area contributed by atoms with Crippen LogP contribution < -0.4 is 21.5 Å². The third kappa shape index (κ3) is 5.86. The Hall–Kier alpha value is -2.93. The molecule has 4 N–H and O–H groups in total. The highest BCUT2D eigenvalue weighted by molar-refractivity contribution is 7.80. The van der Waals surface area contributed by atoms with Crippen molar-refractivity contribution in [2.45, 2.75) is 26.2 Å². The SMILES string of the molecule is CC(C)(C)c1ccc(C(=O)NC(=S)NNC(=O)Nc2ccccc2)cc1. The summed E-state index contributed by atoms with van der Waals surface area (Å²) < 4.78 is 0. The van der Waals surface area contributed by atoms with Gasteiger partial charge in [-0.2, -0.15) is 0 Å². The number of amides is 3. The van der Waals surface area contributed by atoms with E-state index in [1.807, 2.05) is 18.2 Å². The fourth-order valence-electron chi connectivity index (χ4n) is 2.13. The lowest BCUT2D eigenvalue weighted by atomic mass is 9.87. The van der Waals surface area contributed by atoms with E-state index in [-0.39, 0.29) is 16.4 Å². The fraction of sp³-hybridized carbons (Fsp3) is 0.211. The summed E-state index contributed by atoms with van der Waals surface area (Å²) in [5, 5.41) is 5.13. The molecule has 0 aliphatic carbocycles. The van der Waals surface area contributed by atoms with Gasteiger partial charge in [0.2, 0.25) is 0 Å². The molecule has 0 radical (unpaired) electrons. The molecule has 0 spiro atoms. The summed E-state index contributed by atoms with van der Waals surface area (Å²) in [5.74, 6) is -0.353. The number of rotatable bonds is 2. The molecule has 0 aliphatic rings. The van der Waals surface area contributed by atoms with E-state index in [0.29, 0.717) is 11.3 Å². The molecule has 0 unspecified atom stereocenters. The molecule has 7 heteroatoms. The molecular weight excluding hydrogens is 348 g/mol. The summed E-state index contributed by atoms with van der Waals surface area (Å²) in [6.45, 7) is 6.31. The second kappa shape index (κ2) is 8.44. The van der Waals surface area contributed by atoms with Crippen LogP contribution in [-0.2, 0) is 5.41 Å². The average molecular weight is 370 g/mol. The van der Waals surface area contributed by atoms with Crippen LogP contribution in [-0.4, -0.2) is 17.1 Å². The minimum absolute atomic E-state index is 0.00175. The predicted molar refractivity (Wildman–Crippen MR) is 107 cm³/mol. The molecule has 0 saturated carbocycles. The number of anilines is 1. The summed E-state index contributed by atoms with van der Waals surface area (Å²) in [5.41, 5.74) is 7.11. The van der Waals surface area contributed by atoms with Crippen LogP contribution in [0.5, 0.6) is 0 Å². The normalized spacial score (nSPS) is 10.6. The Morgan fingerprint density at radius 1 is 0.885 bits per heavy atom. The van der Waals surface area contributed by atoms with Crippen LogP contribution >= 0.6 is 12.2 Å². The van der Waals surface area contributed by atoms with Crippen molar-refractivity contribution < 1.29 is 9.59 Å². The van der Waals surface area contributed by atoms with Gasteiger partial charge in [0.15, 0.2) is 5.11 Å². The quantitative estimate of drug-likeness (QED) is 0.483. The number of carbonyl (C=O) groups excluding carboxylic acids is 2. The molecule has 0 atom stereocenters. The number of hydrogen-bond donors (Lipinski definition) is 4. The van der Waals surface area contributed by atoms with Gasteiger partial charge in [0, 0.05) is 11.3 Å². The van der Waals surface area contributed by atoms with Crippen molar-refractivity contribution >= 4 is 35.0 Å². The molecule has 2 aromatic rings. The number of hydrazine groups is 1. The first-order valence-corrected chi connectivity index (χ1v) is 8.50. The first kappa shape index (κ1) is 19.4. The second-order valence-corrected chi connectivity index (χ2v) is 7.09. The summed E-state index contributed by atoms with van der Waals surface area (Å²) >= 11 is 5.01. The van der Waals surface area contributed by atoms with Gasteiger partial charge in [-0.15, -0.1) is 0 Å². The van der Waals surface area contributed by atoms with Crippen LogP contribution in [0, 0.1) is 0 Å². The Balaban J connectivity index is 1.81. The number of carbonyl (C=O) groups is 2. The molecule has 26 heavy (non-hydrogen) atoms. The molecule has 6 nitrogen and oxygen atoms in total. The molecular formula is C19H22N4O2S. The Morgan fingerprint density at radius 2 is 1.50 bits per heavy atom. The lowest BCUT2D eigenvalue weighted by Crippen LogP contribution is -2.49. The lowest BCUT2D eigenvalue weighted by molar-refractivity contribution is 0.0976. The largest absolute Gasteiger partial charge is 0.337 e. The average Bonchev–Trinajstić information content (AvgIpc) is 2.60. The molecule has 2 aromatic carbocycles. The number of nitrogens with one attached hydrogen (secondary N) is 4. The van der Waals surface area contributed by atoms with Crippen molar-refractivity contribution in [2.24, 2.45) is 0 Å². The maximum Gasteiger partial charge on any atom is 0.337 e. The number of urea groups is 1. The van der Waals surface area contributed by atoms with E-state index >= 15 is 0 Å². The van der Waals surface area contributed by atoms with Gasteiger partial charge >= 0.3 is 6.03 Å². The molecule has 0 fully saturated rings. The first-order valence-electron chi connectivity index (χ1n) is 8.09. The minimum atomic E-state index is -0.498. The monoisotopic (exact) mass is 370 g/mol. The van der Waals surface area contributed by atoms with E-state index in [1.165, 1.54) is 0 Å². The van der Waals surface area contributed by atoms with Crippen LogP contribution in [0.1, 0.15) is 36.7 Å². The molecule has 136 valence electrons. The highest BCUT2D eigenvalue weighted by Gasteiger charge is 2.14. The molecule has 0 aliphatic heterocycles. The van der Waals surface area contributed by atoms with Gasteiger partial charge < -0.3 is 5.32 Å². The van der Waals surface area contributed by atoms with Gasteiger partial charge in [0.05, 0.1) is 0 Å². The van der Waals surface area contributed by atoms with Crippen LogP contribution in [0.4, 0.5) is 10.5 Å². The number of benzene rings is 2. The Kier molecular flexibility index (Phi) is 6.30. The number of para-hydroxylation sites is 1. The highest BCUT2D eigenvalue weighted by Crippen LogP contribution is 2.22. The van der Waals surface area contributed by atoms with Crippen LogP contribution in [0.15, 0.2) is 54.6 Å². The van der Waals surface area contributed by atoms with E-state index in [9.17, 15) is 9.59 Å². The van der Waals surface area contributed by atoms with E-state index in [0.717, 1.165) is 5.56 Å². The molecule has 0 bridgehead atoms. The maximum atomic E-state index is 12.2. The zero-order valence-corrected chi connectivity index (χ0v) is 15.7. The van der Waals surface area contributed by atoms with Crippen molar-refractivity contribution in [2.75, 3.05) is 5.32 Å². The second-order valence-electron chi connectivity index (χ2n) is 6.68. The summed E-state index contributed by atoms with van der Waals surface area (Å²) in [6.07, 6.45) is 0. The zero-order chi connectivity index (χ0) is 19.2. The van der Waals surface area contributed by atoms with Crippen molar-refractivity contribution in [3.8, 4) is 0 Å². The Bertz CT molecular complexity index is 783. The third-order valence-electron chi connectivity index (χ3n) is 3.56. The van der Waals surface area contributed by atoms with Crippen molar-refractivity contribution in [3.63, 3.8) is 0 Å². The van der Waals surface area contributed by atoms with E-state index in [4.69, 9.17) is 12.2 Å². The van der Waals surface area contributed by atoms with E-state index in [1.54, 1.807) is 36.4 Å². The third-order valence-corrected chi connectivity index (χ3v) is 3.77. The maximum absolute atomic E-state index is 12.2. The van der Waals surface area contributed by atoms with Gasteiger partial charge in [0.1, 0.15) is 0 Å². The molecule has 2 rings (SSSR count). The Labute approximate surface area is 158 Å². The van der Waals surface area contributed by atoms with E-state index in [2.05, 4.69) is 42.3 Å². The standard InChI is InChI=1S/C19H22N4O2S/c1-19(2,3)14-11-9-13(10-12-14)16(24)21-18(26)23-22-17(25)20-15-7-5-4-6-8-15/h4-12H,1-3H3,(H2,20,22,25)(H2,21,23,24,26). The van der Waals surface area contributed by atoms with Crippen molar-refractivity contribution in [1.29, 1.82) is 0 Å². The van der Waals surface area contributed by atoms with Gasteiger partial charge in [0.25, 0.3) is 5.91 Å². The Morgan fingerprint density at radius 3 is 2.08 bits per heavy atom. The van der Waals surface area contributed by atoms with Gasteiger partial charge in [-0.1, -0.05) is 51.1 Å². The fourth-order valence-corrected chi connectivity index (χ4v) is 2.27. The summed E-state index contributed by atoms with van der Waals surface area (Å²) in [6, 6.07) is 15.8. The molecule has 0 aromatic heterocycles. The highest BCUT2D eigenvalue weighted by atomic mass is 32.1. The van der Waals surface area contributed by atoms with Crippen LogP contribution in [0.25, 0.3) is 0 Å². The lowest BCUT2D eigenvalue weighted by Gasteiger charge is -2.19. The molecule has 0 heterocycles. The van der Waals surface area contributed by atoms with Gasteiger partial charge in [-0.3, -0.25) is 15.5 Å². The number of hydrogen-bond acceptors (Lipinski definition) is 3.